The number of carbonyl (C=O) groups is 1. The zero-order valence-electron chi connectivity index (χ0n) is 11.4. The summed E-state index contributed by atoms with van der Waals surface area (Å²) < 4.78 is 5.26. The third-order valence-electron chi connectivity index (χ3n) is 3.23. The van der Waals surface area contributed by atoms with Crippen molar-refractivity contribution in [3.05, 3.63) is 48.0 Å². The van der Waals surface area contributed by atoms with E-state index in [1.165, 1.54) is 5.39 Å². The molecule has 2 rings (SSSR count). The van der Waals surface area contributed by atoms with Crippen LogP contribution in [0.15, 0.2) is 42.5 Å². The Morgan fingerprint density at radius 1 is 1.05 bits per heavy atom. The summed E-state index contributed by atoms with van der Waals surface area (Å²) in [4.78, 5) is 11.8. The molecule has 0 unspecified atom stereocenters. The van der Waals surface area contributed by atoms with Gasteiger partial charge < -0.3 is 4.74 Å². The van der Waals surface area contributed by atoms with Crippen molar-refractivity contribution in [1.29, 1.82) is 0 Å². The lowest BCUT2D eigenvalue weighted by Crippen LogP contribution is -2.09. The van der Waals surface area contributed by atoms with Gasteiger partial charge in [-0.05, 0) is 22.8 Å². The van der Waals surface area contributed by atoms with Gasteiger partial charge in [-0.2, -0.15) is 0 Å². The molecule has 0 aromatic heterocycles. The monoisotopic (exact) mass is 256 g/mol. The number of ether oxygens (including phenoxy) is 1. The first-order valence-corrected chi connectivity index (χ1v) is 6.93. The Hall–Kier alpha value is -1.83. The summed E-state index contributed by atoms with van der Waals surface area (Å²) in [5, 5.41) is 2.30. The summed E-state index contributed by atoms with van der Waals surface area (Å²) in [5.74, 6) is -0.132. The molecular weight excluding hydrogens is 236 g/mol. The van der Waals surface area contributed by atoms with E-state index in [1.807, 2.05) is 24.3 Å². The molecule has 0 atom stereocenters. The van der Waals surface area contributed by atoms with E-state index >= 15 is 0 Å². The van der Waals surface area contributed by atoms with Crippen LogP contribution in [0.4, 0.5) is 0 Å². The average molecular weight is 256 g/mol. The summed E-state index contributed by atoms with van der Waals surface area (Å²) in [6.07, 6.45) is 3.56. The first-order valence-electron chi connectivity index (χ1n) is 6.93. The van der Waals surface area contributed by atoms with Crippen molar-refractivity contribution < 1.29 is 9.53 Å². The minimum Gasteiger partial charge on any atom is -0.465 e. The number of hydrogen-bond acceptors (Lipinski definition) is 2. The van der Waals surface area contributed by atoms with Crippen molar-refractivity contribution in [2.75, 3.05) is 6.61 Å². The maximum atomic E-state index is 11.8. The molecule has 0 aliphatic carbocycles. The van der Waals surface area contributed by atoms with Crippen molar-refractivity contribution in [3.8, 4) is 0 Å². The minimum atomic E-state index is -0.132. The van der Waals surface area contributed by atoms with Gasteiger partial charge in [0.1, 0.15) is 0 Å². The van der Waals surface area contributed by atoms with Crippen LogP contribution in [0, 0.1) is 0 Å². The van der Waals surface area contributed by atoms with Gasteiger partial charge in [-0.25, -0.2) is 0 Å². The first-order chi connectivity index (χ1) is 9.31. The van der Waals surface area contributed by atoms with Gasteiger partial charge in [0, 0.05) is 0 Å². The lowest BCUT2D eigenvalue weighted by Gasteiger charge is -2.07. The largest absolute Gasteiger partial charge is 0.465 e. The molecule has 2 aromatic rings. The number of rotatable bonds is 6. The molecule has 0 fully saturated rings. The number of unbranched alkanes of at least 4 members (excludes halogenated alkanes) is 2. The predicted octanol–water partition coefficient (Wildman–Crippen LogP) is 4.12. The molecule has 0 saturated heterocycles. The third kappa shape index (κ3) is 3.82. The molecule has 0 heterocycles. The van der Waals surface area contributed by atoms with Crippen LogP contribution in [0.1, 0.15) is 31.7 Å². The Morgan fingerprint density at radius 3 is 2.68 bits per heavy atom. The van der Waals surface area contributed by atoms with Crippen LogP contribution >= 0.6 is 0 Å². The molecule has 2 aromatic carbocycles. The van der Waals surface area contributed by atoms with E-state index in [0.717, 1.165) is 30.2 Å². The maximum Gasteiger partial charge on any atom is 0.310 e. The van der Waals surface area contributed by atoms with E-state index in [-0.39, 0.29) is 5.97 Å². The number of esters is 1. The molecule has 0 bridgehead atoms. The molecule has 0 aliphatic heterocycles. The summed E-state index contributed by atoms with van der Waals surface area (Å²) in [6, 6.07) is 14.2. The van der Waals surface area contributed by atoms with Gasteiger partial charge in [-0.3, -0.25) is 4.79 Å². The molecule has 0 radical (unpaired) electrons. The fourth-order valence-electron chi connectivity index (χ4n) is 2.19. The summed E-state index contributed by atoms with van der Waals surface area (Å²) >= 11 is 0. The SMILES string of the molecule is CCCCCOC(=O)Cc1cccc2ccccc12. The highest BCUT2D eigenvalue weighted by Crippen LogP contribution is 2.19. The Balaban J connectivity index is 1.99. The van der Waals surface area contributed by atoms with Crippen molar-refractivity contribution in [1.82, 2.24) is 0 Å². The summed E-state index contributed by atoms with van der Waals surface area (Å²) in [7, 11) is 0. The smallest absolute Gasteiger partial charge is 0.310 e. The summed E-state index contributed by atoms with van der Waals surface area (Å²) in [6.45, 7) is 2.68. The highest BCUT2D eigenvalue weighted by atomic mass is 16.5. The molecule has 0 N–H and O–H groups in total. The van der Waals surface area contributed by atoms with E-state index in [0.29, 0.717) is 13.0 Å². The molecular formula is C17H20O2. The lowest BCUT2D eigenvalue weighted by molar-refractivity contribution is -0.142. The predicted molar refractivity (Wildman–Crippen MR) is 78.1 cm³/mol. The molecule has 0 spiro atoms. The van der Waals surface area contributed by atoms with E-state index in [4.69, 9.17) is 4.74 Å². The van der Waals surface area contributed by atoms with E-state index < -0.39 is 0 Å². The van der Waals surface area contributed by atoms with Crippen LogP contribution in [0.25, 0.3) is 10.8 Å². The van der Waals surface area contributed by atoms with E-state index in [1.54, 1.807) is 0 Å². The average Bonchev–Trinajstić information content (AvgIpc) is 2.44. The molecule has 0 amide bonds. The second-order valence-corrected chi connectivity index (χ2v) is 4.74. The number of carbonyl (C=O) groups excluding carboxylic acids is 1. The number of benzene rings is 2. The number of hydrogen-bond donors (Lipinski definition) is 0. The first kappa shape index (κ1) is 13.6. The van der Waals surface area contributed by atoms with Crippen LogP contribution in [-0.2, 0) is 16.0 Å². The van der Waals surface area contributed by atoms with Gasteiger partial charge in [-0.1, -0.05) is 62.2 Å². The lowest BCUT2D eigenvalue weighted by atomic mass is 10.0. The third-order valence-corrected chi connectivity index (χ3v) is 3.23. The fourth-order valence-corrected chi connectivity index (χ4v) is 2.19. The Kier molecular flexibility index (Phi) is 4.96. The molecule has 100 valence electrons. The standard InChI is InChI=1S/C17H20O2/c1-2-3-6-12-19-17(18)13-15-10-7-9-14-8-4-5-11-16(14)15/h4-5,7-11H,2-3,6,12-13H2,1H3. The van der Waals surface area contributed by atoms with E-state index in [2.05, 4.69) is 25.1 Å². The highest BCUT2D eigenvalue weighted by Gasteiger charge is 2.07. The fraction of sp³-hybridized carbons (Fsp3) is 0.353. The van der Waals surface area contributed by atoms with Gasteiger partial charge in [0.05, 0.1) is 13.0 Å². The van der Waals surface area contributed by atoms with Crippen LogP contribution in [0.2, 0.25) is 0 Å². The second kappa shape index (κ2) is 6.93. The molecule has 0 saturated carbocycles. The quantitative estimate of drug-likeness (QED) is 0.574. The second-order valence-electron chi connectivity index (χ2n) is 4.74. The minimum absolute atomic E-state index is 0.132. The summed E-state index contributed by atoms with van der Waals surface area (Å²) in [5.41, 5.74) is 1.04. The van der Waals surface area contributed by atoms with Gasteiger partial charge in [-0.15, -0.1) is 0 Å². The van der Waals surface area contributed by atoms with Crippen molar-refractivity contribution in [3.63, 3.8) is 0 Å². The van der Waals surface area contributed by atoms with Crippen molar-refractivity contribution in [2.45, 2.75) is 32.6 Å². The Bertz CT molecular complexity index is 540. The van der Waals surface area contributed by atoms with Crippen LogP contribution in [0.5, 0.6) is 0 Å². The van der Waals surface area contributed by atoms with Gasteiger partial charge in [0.25, 0.3) is 0 Å². The Labute approximate surface area is 114 Å². The topological polar surface area (TPSA) is 26.3 Å². The normalized spacial score (nSPS) is 10.6. The highest BCUT2D eigenvalue weighted by molar-refractivity contribution is 5.88. The van der Waals surface area contributed by atoms with Gasteiger partial charge in [0.2, 0.25) is 0 Å². The molecule has 0 aliphatic rings. The van der Waals surface area contributed by atoms with Crippen LogP contribution in [0.3, 0.4) is 0 Å². The van der Waals surface area contributed by atoms with Crippen LogP contribution < -0.4 is 0 Å². The number of fused-ring (bicyclic) bond motifs is 1. The molecule has 2 heteroatoms. The Morgan fingerprint density at radius 2 is 1.84 bits per heavy atom. The maximum absolute atomic E-state index is 11.8. The van der Waals surface area contributed by atoms with Gasteiger partial charge >= 0.3 is 5.97 Å². The zero-order chi connectivity index (χ0) is 13.5. The van der Waals surface area contributed by atoms with Gasteiger partial charge in [0.15, 0.2) is 0 Å². The van der Waals surface area contributed by atoms with Crippen molar-refractivity contribution >= 4 is 16.7 Å². The molecule has 19 heavy (non-hydrogen) atoms. The van der Waals surface area contributed by atoms with Crippen LogP contribution in [-0.4, -0.2) is 12.6 Å². The zero-order valence-corrected chi connectivity index (χ0v) is 11.4. The van der Waals surface area contributed by atoms with Crippen molar-refractivity contribution in [2.24, 2.45) is 0 Å². The molecule has 2 nitrogen and oxygen atoms in total. The van der Waals surface area contributed by atoms with E-state index in [9.17, 15) is 4.79 Å².